The Labute approximate surface area is 127 Å². The van der Waals surface area contributed by atoms with Crippen molar-refractivity contribution in [1.82, 2.24) is 0 Å². The molecule has 2 rings (SSSR count). The van der Waals surface area contributed by atoms with Crippen LogP contribution in [0.1, 0.15) is 21.5 Å². The van der Waals surface area contributed by atoms with Gasteiger partial charge in [0.1, 0.15) is 5.75 Å². The zero-order valence-corrected chi connectivity index (χ0v) is 13.3. The second-order valence-electron chi connectivity index (χ2n) is 4.46. The second kappa shape index (κ2) is 6.44. The summed E-state index contributed by atoms with van der Waals surface area (Å²) in [5.41, 5.74) is 3.39. The fraction of sp³-hybridized carbons (Fsp3) is 0.250. The van der Waals surface area contributed by atoms with Gasteiger partial charge in [0, 0.05) is 9.85 Å². The van der Waals surface area contributed by atoms with Gasteiger partial charge in [0.15, 0.2) is 0 Å². The standard InChI is InChI=1S/C16H16BrClO/c1-11-6-5-8-13(16(11)18)14(17)10-12-7-3-4-9-15(12)19-2/h3-9,14H,10H2,1-2H3. The van der Waals surface area contributed by atoms with Gasteiger partial charge >= 0.3 is 0 Å². The minimum atomic E-state index is 0.177. The third-order valence-corrected chi connectivity index (χ3v) is 4.48. The molecule has 1 unspecified atom stereocenters. The van der Waals surface area contributed by atoms with E-state index in [9.17, 15) is 0 Å². The van der Waals surface area contributed by atoms with E-state index in [0.29, 0.717) is 0 Å². The number of methoxy groups -OCH3 is 1. The van der Waals surface area contributed by atoms with Crippen LogP contribution in [0.2, 0.25) is 5.02 Å². The molecule has 0 saturated carbocycles. The van der Waals surface area contributed by atoms with Gasteiger partial charge < -0.3 is 4.74 Å². The number of alkyl halides is 1. The summed E-state index contributed by atoms with van der Waals surface area (Å²) in [6.45, 7) is 2.02. The van der Waals surface area contributed by atoms with E-state index < -0.39 is 0 Å². The van der Waals surface area contributed by atoms with Crippen molar-refractivity contribution in [2.75, 3.05) is 7.11 Å². The molecule has 0 aliphatic rings. The van der Waals surface area contributed by atoms with Crippen molar-refractivity contribution < 1.29 is 4.74 Å². The normalized spacial score (nSPS) is 12.2. The molecular formula is C16H16BrClO. The van der Waals surface area contributed by atoms with Crippen LogP contribution >= 0.6 is 27.5 Å². The Bertz CT molecular complexity index is 568. The van der Waals surface area contributed by atoms with Crippen LogP contribution in [0.5, 0.6) is 5.75 Å². The number of hydrogen-bond donors (Lipinski definition) is 0. The van der Waals surface area contributed by atoms with Gasteiger partial charge in [-0.05, 0) is 36.1 Å². The van der Waals surface area contributed by atoms with E-state index in [-0.39, 0.29) is 4.83 Å². The van der Waals surface area contributed by atoms with Gasteiger partial charge in [0.05, 0.1) is 7.11 Å². The molecule has 0 bridgehead atoms. The molecule has 19 heavy (non-hydrogen) atoms. The molecule has 2 aromatic rings. The van der Waals surface area contributed by atoms with E-state index in [4.69, 9.17) is 16.3 Å². The average molecular weight is 340 g/mol. The number of rotatable bonds is 4. The highest BCUT2D eigenvalue weighted by Gasteiger charge is 2.15. The van der Waals surface area contributed by atoms with Crippen LogP contribution in [-0.4, -0.2) is 7.11 Å². The highest BCUT2D eigenvalue weighted by atomic mass is 79.9. The lowest BCUT2D eigenvalue weighted by Crippen LogP contribution is -1.99. The third kappa shape index (κ3) is 3.31. The van der Waals surface area contributed by atoms with Crippen molar-refractivity contribution in [2.24, 2.45) is 0 Å². The van der Waals surface area contributed by atoms with Crippen molar-refractivity contribution >= 4 is 27.5 Å². The lowest BCUT2D eigenvalue weighted by Gasteiger charge is -2.15. The summed E-state index contributed by atoms with van der Waals surface area (Å²) in [6, 6.07) is 14.2. The van der Waals surface area contributed by atoms with Crippen LogP contribution in [0, 0.1) is 6.92 Å². The Kier molecular flexibility index (Phi) is 4.89. The SMILES string of the molecule is COc1ccccc1CC(Br)c1cccc(C)c1Cl. The summed E-state index contributed by atoms with van der Waals surface area (Å²) in [5, 5.41) is 0.833. The van der Waals surface area contributed by atoms with Crippen LogP contribution in [0.15, 0.2) is 42.5 Å². The topological polar surface area (TPSA) is 9.23 Å². The lowest BCUT2D eigenvalue weighted by atomic mass is 10.0. The Morgan fingerprint density at radius 1 is 1.16 bits per heavy atom. The molecule has 0 N–H and O–H groups in total. The summed E-state index contributed by atoms with van der Waals surface area (Å²) < 4.78 is 5.38. The average Bonchev–Trinajstić information content (AvgIpc) is 2.42. The van der Waals surface area contributed by atoms with E-state index >= 15 is 0 Å². The number of halogens is 2. The number of aryl methyl sites for hydroxylation is 1. The fourth-order valence-electron chi connectivity index (χ4n) is 2.09. The van der Waals surface area contributed by atoms with Gasteiger partial charge in [-0.3, -0.25) is 0 Å². The summed E-state index contributed by atoms with van der Waals surface area (Å²) in [4.78, 5) is 0.177. The maximum absolute atomic E-state index is 6.37. The lowest BCUT2D eigenvalue weighted by molar-refractivity contribution is 0.409. The van der Waals surface area contributed by atoms with Gasteiger partial charge in [-0.2, -0.15) is 0 Å². The molecule has 0 aromatic heterocycles. The Balaban J connectivity index is 2.26. The quantitative estimate of drug-likeness (QED) is 0.684. The van der Waals surface area contributed by atoms with E-state index in [1.807, 2.05) is 37.3 Å². The largest absolute Gasteiger partial charge is 0.496 e. The third-order valence-electron chi connectivity index (χ3n) is 3.15. The highest BCUT2D eigenvalue weighted by Crippen LogP contribution is 2.35. The minimum absolute atomic E-state index is 0.177. The van der Waals surface area contributed by atoms with Crippen LogP contribution in [-0.2, 0) is 6.42 Å². The first kappa shape index (κ1) is 14.4. The Morgan fingerprint density at radius 2 is 1.89 bits per heavy atom. The first-order valence-corrected chi connectivity index (χ1v) is 7.44. The summed E-state index contributed by atoms with van der Waals surface area (Å²) in [5.74, 6) is 0.913. The molecular weight excluding hydrogens is 324 g/mol. The molecule has 0 radical (unpaired) electrons. The molecule has 0 aliphatic carbocycles. The number of benzene rings is 2. The monoisotopic (exact) mass is 338 g/mol. The zero-order valence-electron chi connectivity index (χ0n) is 11.0. The number of hydrogen-bond acceptors (Lipinski definition) is 1. The summed E-state index contributed by atoms with van der Waals surface area (Å²) >= 11 is 10.1. The molecule has 1 atom stereocenters. The van der Waals surface area contributed by atoms with Crippen molar-refractivity contribution in [3.8, 4) is 5.75 Å². The van der Waals surface area contributed by atoms with Crippen LogP contribution < -0.4 is 4.74 Å². The summed E-state index contributed by atoms with van der Waals surface area (Å²) in [6.07, 6.45) is 0.840. The van der Waals surface area contributed by atoms with Gasteiger partial charge in [-0.1, -0.05) is 63.9 Å². The smallest absolute Gasteiger partial charge is 0.122 e. The van der Waals surface area contributed by atoms with Crippen molar-refractivity contribution in [3.05, 3.63) is 64.2 Å². The van der Waals surface area contributed by atoms with Gasteiger partial charge in [0.25, 0.3) is 0 Å². The van der Waals surface area contributed by atoms with E-state index in [1.54, 1.807) is 7.11 Å². The van der Waals surface area contributed by atoms with Crippen LogP contribution in [0.4, 0.5) is 0 Å². The summed E-state index contributed by atoms with van der Waals surface area (Å²) in [7, 11) is 1.70. The van der Waals surface area contributed by atoms with Gasteiger partial charge in [-0.25, -0.2) is 0 Å². The second-order valence-corrected chi connectivity index (χ2v) is 5.94. The van der Waals surface area contributed by atoms with E-state index in [0.717, 1.165) is 28.3 Å². The number of para-hydroxylation sites is 1. The van der Waals surface area contributed by atoms with Gasteiger partial charge in [-0.15, -0.1) is 0 Å². The van der Waals surface area contributed by atoms with Gasteiger partial charge in [0.2, 0.25) is 0 Å². The van der Waals surface area contributed by atoms with Crippen molar-refractivity contribution in [3.63, 3.8) is 0 Å². The van der Waals surface area contributed by atoms with Crippen molar-refractivity contribution in [2.45, 2.75) is 18.2 Å². The zero-order chi connectivity index (χ0) is 13.8. The molecule has 0 saturated heterocycles. The molecule has 1 nitrogen and oxygen atoms in total. The van der Waals surface area contributed by atoms with E-state index in [2.05, 4.69) is 28.1 Å². The molecule has 3 heteroatoms. The highest BCUT2D eigenvalue weighted by molar-refractivity contribution is 9.09. The van der Waals surface area contributed by atoms with E-state index in [1.165, 1.54) is 5.56 Å². The van der Waals surface area contributed by atoms with Crippen molar-refractivity contribution in [1.29, 1.82) is 0 Å². The molecule has 100 valence electrons. The minimum Gasteiger partial charge on any atom is -0.496 e. The molecule has 0 aliphatic heterocycles. The van der Waals surface area contributed by atoms with Crippen LogP contribution in [0.25, 0.3) is 0 Å². The predicted octanol–water partition coefficient (Wildman–Crippen LogP) is 5.34. The Hall–Kier alpha value is -0.990. The number of ether oxygens (including phenoxy) is 1. The molecule has 0 fully saturated rings. The maximum Gasteiger partial charge on any atom is 0.122 e. The molecule has 0 spiro atoms. The maximum atomic E-state index is 6.37. The predicted molar refractivity (Wildman–Crippen MR) is 84.6 cm³/mol. The van der Waals surface area contributed by atoms with Crippen LogP contribution in [0.3, 0.4) is 0 Å². The first-order valence-electron chi connectivity index (χ1n) is 6.14. The Morgan fingerprint density at radius 3 is 2.63 bits per heavy atom. The first-order chi connectivity index (χ1) is 9.13. The fourth-order valence-corrected chi connectivity index (χ4v) is 3.21. The molecule has 2 aromatic carbocycles. The molecule has 0 heterocycles. The molecule has 0 amide bonds.